The monoisotopic (exact) mass is 241 g/mol. The molecule has 2 rings (SSSR count). The summed E-state index contributed by atoms with van der Waals surface area (Å²) in [5.74, 6) is 1.03. The van der Waals surface area contributed by atoms with Crippen molar-refractivity contribution >= 4 is 12.4 Å². The van der Waals surface area contributed by atoms with Gasteiger partial charge in [0.2, 0.25) is 0 Å². The SMILES string of the molecule is Cc1cc(C)cc(OC2CCNCC2)c1.Cl. The molecule has 1 aromatic rings. The first-order valence-corrected chi connectivity index (χ1v) is 5.70. The van der Waals surface area contributed by atoms with E-state index >= 15 is 0 Å². The highest BCUT2D eigenvalue weighted by Gasteiger charge is 2.14. The van der Waals surface area contributed by atoms with Crippen LogP contribution in [0.15, 0.2) is 18.2 Å². The Morgan fingerprint density at radius 1 is 1.06 bits per heavy atom. The quantitative estimate of drug-likeness (QED) is 0.860. The van der Waals surface area contributed by atoms with E-state index in [2.05, 4.69) is 37.4 Å². The van der Waals surface area contributed by atoms with Crippen LogP contribution in [0.25, 0.3) is 0 Å². The van der Waals surface area contributed by atoms with Crippen LogP contribution < -0.4 is 10.1 Å². The van der Waals surface area contributed by atoms with Crippen LogP contribution in [-0.4, -0.2) is 19.2 Å². The fourth-order valence-electron chi connectivity index (χ4n) is 2.11. The number of halogens is 1. The van der Waals surface area contributed by atoms with E-state index < -0.39 is 0 Å². The van der Waals surface area contributed by atoms with Crippen molar-refractivity contribution in [2.45, 2.75) is 32.8 Å². The number of nitrogens with one attached hydrogen (secondary N) is 1. The lowest BCUT2D eigenvalue weighted by Gasteiger charge is -2.24. The zero-order chi connectivity index (χ0) is 10.7. The molecular formula is C13H20ClNO. The van der Waals surface area contributed by atoms with Crippen molar-refractivity contribution in [3.8, 4) is 5.75 Å². The molecular weight excluding hydrogens is 222 g/mol. The molecule has 16 heavy (non-hydrogen) atoms. The van der Waals surface area contributed by atoms with Crippen LogP contribution in [0, 0.1) is 13.8 Å². The van der Waals surface area contributed by atoms with Gasteiger partial charge in [-0.15, -0.1) is 12.4 Å². The van der Waals surface area contributed by atoms with Gasteiger partial charge < -0.3 is 10.1 Å². The van der Waals surface area contributed by atoms with Crippen molar-refractivity contribution in [3.63, 3.8) is 0 Å². The zero-order valence-corrected chi connectivity index (χ0v) is 10.8. The Bertz CT molecular complexity index is 314. The van der Waals surface area contributed by atoms with Gasteiger partial charge in [0.15, 0.2) is 0 Å². The number of hydrogen-bond acceptors (Lipinski definition) is 2. The molecule has 0 amide bonds. The second-order valence-corrected chi connectivity index (χ2v) is 4.39. The Labute approximate surface area is 104 Å². The Morgan fingerprint density at radius 2 is 1.62 bits per heavy atom. The number of aryl methyl sites for hydroxylation is 2. The van der Waals surface area contributed by atoms with Crippen molar-refractivity contribution in [1.82, 2.24) is 5.32 Å². The summed E-state index contributed by atoms with van der Waals surface area (Å²) in [6.07, 6.45) is 2.63. The van der Waals surface area contributed by atoms with Gasteiger partial charge in [-0.1, -0.05) is 6.07 Å². The first-order chi connectivity index (χ1) is 7.24. The molecule has 0 unspecified atom stereocenters. The Morgan fingerprint density at radius 3 is 2.19 bits per heavy atom. The van der Waals surface area contributed by atoms with Gasteiger partial charge in [0, 0.05) is 0 Å². The van der Waals surface area contributed by atoms with Crippen molar-refractivity contribution < 1.29 is 4.74 Å². The number of benzene rings is 1. The van der Waals surface area contributed by atoms with E-state index in [1.165, 1.54) is 11.1 Å². The van der Waals surface area contributed by atoms with E-state index in [4.69, 9.17) is 4.74 Å². The van der Waals surface area contributed by atoms with Crippen LogP contribution in [0.5, 0.6) is 5.75 Å². The molecule has 0 spiro atoms. The highest BCUT2D eigenvalue weighted by atomic mass is 35.5. The fourth-order valence-corrected chi connectivity index (χ4v) is 2.11. The number of hydrogen-bond donors (Lipinski definition) is 1. The summed E-state index contributed by atoms with van der Waals surface area (Å²) in [6, 6.07) is 6.42. The maximum Gasteiger partial charge on any atom is 0.120 e. The Hall–Kier alpha value is -0.730. The Balaban J connectivity index is 0.00000128. The highest BCUT2D eigenvalue weighted by molar-refractivity contribution is 5.85. The summed E-state index contributed by atoms with van der Waals surface area (Å²) in [5, 5.41) is 3.34. The van der Waals surface area contributed by atoms with Crippen LogP contribution in [0.4, 0.5) is 0 Å². The van der Waals surface area contributed by atoms with Crippen molar-refractivity contribution in [2.24, 2.45) is 0 Å². The second-order valence-electron chi connectivity index (χ2n) is 4.39. The molecule has 1 N–H and O–H groups in total. The topological polar surface area (TPSA) is 21.3 Å². The van der Waals surface area contributed by atoms with Gasteiger partial charge in [-0.25, -0.2) is 0 Å². The van der Waals surface area contributed by atoms with Gasteiger partial charge in [0.1, 0.15) is 11.9 Å². The normalized spacial score (nSPS) is 16.6. The van der Waals surface area contributed by atoms with Crippen molar-refractivity contribution in [1.29, 1.82) is 0 Å². The third kappa shape index (κ3) is 3.69. The van der Waals surface area contributed by atoms with Crippen LogP contribution >= 0.6 is 12.4 Å². The third-order valence-electron chi connectivity index (χ3n) is 2.78. The predicted molar refractivity (Wildman–Crippen MR) is 69.7 cm³/mol. The van der Waals surface area contributed by atoms with Crippen LogP contribution in [0.1, 0.15) is 24.0 Å². The average molecular weight is 242 g/mol. The summed E-state index contributed by atoms with van der Waals surface area (Å²) < 4.78 is 5.98. The molecule has 1 fully saturated rings. The summed E-state index contributed by atoms with van der Waals surface area (Å²) in [6.45, 7) is 6.38. The van der Waals surface area contributed by atoms with E-state index in [1.54, 1.807) is 0 Å². The minimum absolute atomic E-state index is 0. The molecule has 1 heterocycles. The number of ether oxygens (including phenoxy) is 1. The average Bonchev–Trinajstić information content (AvgIpc) is 2.17. The van der Waals surface area contributed by atoms with Crippen molar-refractivity contribution in [2.75, 3.05) is 13.1 Å². The molecule has 0 aromatic heterocycles. The van der Waals surface area contributed by atoms with Gasteiger partial charge in [0.05, 0.1) is 0 Å². The van der Waals surface area contributed by atoms with Gasteiger partial charge >= 0.3 is 0 Å². The summed E-state index contributed by atoms with van der Waals surface area (Å²) in [4.78, 5) is 0. The lowest BCUT2D eigenvalue weighted by Crippen LogP contribution is -2.34. The van der Waals surface area contributed by atoms with Crippen LogP contribution in [0.3, 0.4) is 0 Å². The molecule has 3 heteroatoms. The molecule has 90 valence electrons. The highest BCUT2D eigenvalue weighted by Crippen LogP contribution is 2.20. The largest absolute Gasteiger partial charge is 0.490 e. The summed E-state index contributed by atoms with van der Waals surface area (Å²) in [5.41, 5.74) is 2.55. The molecule has 0 saturated carbocycles. The van der Waals surface area contributed by atoms with E-state index in [0.29, 0.717) is 6.10 Å². The summed E-state index contributed by atoms with van der Waals surface area (Å²) >= 11 is 0. The number of piperidine rings is 1. The molecule has 0 atom stereocenters. The lowest BCUT2D eigenvalue weighted by molar-refractivity contribution is 0.162. The minimum atomic E-state index is 0. The zero-order valence-electron chi connectivity index (χ0n) is 9.95. The fraction of sp³-hybridized carbons (Fsp3) is 0.538. The van der Waals surface area contributed by atoms with Crippen LogP contribution in [0.2, 0.25) is 0 Å². The molecule has 1 aliphatic rings. The molecule has 1 saturated heterocycles. The van der Waals surface area contributed by atoms with Gasteiger partial charge in [-0.2, -0.15) is 0 Å². The first kappa shape index (κ1) is 13.3. The molecule has 1 aliphatic heterocycles. The molecule has 2 nitrogen and oxygen atoms in total. The summed E-state index contributed by atoms with van der Waals surface area (Å²) in [7, 11) is 0. The lowest BCUT2D eigenvalue weighted by atomic mass is 10.1. The van der Waals surface area contributed by atoms with Gasteiger partial charge in [-0.05, 0) is 63.0 Å². The van der Waals surface area contributed by atoms with E-state index in [1.807, 2.05) is 0 Å². The molecule has 0 radical (unpaired) electrons. The maximum absolute atomic E-state index is 5.98. The smallest absolute Gasteiger partial charge is 0.120 e. The Kier molecular flexibility index (Phi) is 5.10. The molecule has 0 bridgehead atoms. The van der Waals surface area contributed by atoms with E-state index in [9.17, 15) is 0 Å². The first-order valence-electron chi connectivity index (χ1n) is 5.70. The van der Waals surface area contributed by atoms with Gasteiger partial charge in [-0.3, -0.25) is 0 Å². The standard InChI is InChI=1S/C13H19NO.ClH/c1-10-7-11(2)9-13(8-10)15-12-3-5-14-6-4-12;/h7-9,12,14H,3-6H2,1-2H3;1H. The maximum atomic E-state index is 5.98. The third-order valence-corrected chi connectivity index (χ3v) is 2.78. The molecule has 0 aliphatic carbocycles. The van der Waals surface area contributed by atoms with Gasteiger partial charge in [0.25, 0.3) is 0 Å². The minimum Gasteiger partial charge on any atom is -0.490 e. The van der Waals surface area contributed by atoms with Crippen LogP contribution in [-0.2, 0) is 0 Å². The second kappa shape index (κ2) is 6.12. The van der Waals surface area contributed by atoms with Crippen molar-refractivity contribution in [3.05, 3.63) is 29.3 Å². The molecule has 1 aromatic carbocycles. The number of rotatable bonds is 2. The van der Waals surface area contributed by atoms with E-state index in [0.717, 1.165) is 31.7 Å². The predicted octanol–water partition coefficient (Wildman–Crippen LogP) is 2.86. The van der Waals surface area contributed by atoms with E-state index in [-0.39, 0.29) is 12.4 Å².